The first-order chi connectivity index (χ1) is 8.20. The van der Waals surface area contributed by atoms with E-state index in [9.17, 15) is 22.8 Å². The molecule has 0 atom stereocenters. The molecule has 0 unspecified atom stereocenters. The molecule has 0 fully saturated rings. The molecule has 1 rings (SSSR count). The summed E-state index contributed by atoms with van der Waals surface area (Å²) >= 11 is 0. The number of carbonyl (C=O) groups is 2. The molecule has 0 spiro atoms. The topological polar surface area (TPSA) is 86.3 Å². The number of aryl methyl sites for hydroxylation is 1. The molecule has 1 heterocycles. The van der Waals surface area contributed by atoms with Crippen LogP contribution in [0.25, 0.3) is 0 Å². The molecule has 18 heavy (non-hydrogen) atoms. The number of hydrogen-bond donors (Lipinski definition) is 2. The predicted octanol–water partition coefficient (Wildman–Crippen LogP) is 0.807. The van der Waals surface area contributed by atoms with Crippen molar-refractivity contribution in [3.63, 3.8) is 0 Å². The number of carboxylic acid groups (broad SMARTS) is 1. The van der Waals surface area contributed by atoms with Crippen LogP contribution >= 0.6 is 0 Å². The van der Waals surface area contributed by atoms with Gasteiger partial charge in [0.25, 0.3) is 5.91 Å². The molecule has 6 nitrogen and oxygen atoms in total. The van der Waals surface area contributed by atoms with Crippen molar-refractivity contribution in [1.82, 2.24) is 15.1 Å². The smallest absolute Gasteiger partial charge is 0.406 e. The Balaban J connectivity index is 2.93. The Bertz CT molecular complexity index is 455. The van der Waals surface area contributed by atoms with Gasteiger partial charge in [-0.3, -0.25) is 14.7 Å². The van der Waals surface area contributed by atoms with Crippen LogP contribution < -0.4 is 0 Å². The largest absolute Gasteiger partial charge is 0.480 e. The van der Waals surface area contributed by atoms with Crippen LogP contribution in [0.15, 0.2) is 6.20 Å². The number of carboxylic acids is 1. The van der Waals surface area contributed by atoms with Gasteiger partial charge in [-0.1, -0.05) is 0 Å². The molecule has 0 aliphatic carbocycles. The fourth-order valence-electron chi connectivity index (χ4n) is 1.32. The van der Waals surface area contributed by atoms with E-state index in [1.54, 1.807) is 0 Å². The summed E-state index contributed by atoms with van der Waals surface area (Å²) in [6.45, 7) is -1.20. The van der Waals surface area contributed by atoms with Crippen molar-refractivity contribution in [2.45, 2.75) is 13.1 Å². The standard InChI is InChI=1S/C9H10F3N3O3/c1-5-6(2-13-14-5)8(18)15(3-7(16)17)4-9(10,11)12/h2H,3-4H2,1H3,(H,13,14)(H,16,17). The number of halogens is 3. The Morgan fingerprint density at radius 1 is 1.50 bits per heavy atom. The second kappa shape index (κ2) is 5.07. The third-order valence-electron chi connectivity index (χ3n) is 2.04. The highest BCUT2D eigenvalue weighted by molar-refractivity contribution is 5.96. The van der Waals surface area contributed by atoms with Crippen molar-refractivity contribution >= 4 is 11.9 Å². The van der Waals surface area contributed by atoms with Crippen LogP contribution in [0.3, 0.4) is 0 Å². The highest BCUT2D eigenvalue weighted by Crippen LogP contribution is 2.18. The molecule has 2 N–H and O–H groups in total. The summed E-state index contributed by atoms with van der Waals surface area (Å²) in [6.07, 6.45) is -3.61. The van der Waals surface area contributed by atoms with E-state index >= 15 is 0 Å². The second-order valence-electron chi connectivity index (χ2n) is 3.58. The fraction of sp³-hybridized carbons (Fsp3) is 0.444. The number of amides is 1. The number of carbonyl (C=O) groups excluding carboxylic acids is 1. The quantitative estimate of drug-likeness (QED) is 0.843. The lowest BCUT2D eigenvalue weighted by Crippen LogP contribution is -2.42. The fourth-order valence-corrected chi connectivity index (χ4v) is 1.32. The lowest BCUT2D eigenvalue weighted by atomic mass is 10.2. The van der Waals surface area contributed by atoms with Gasteiger partial charge in [0.2, 0.25) is 0 Å². The number of aliphatic carboxylic acids is 1. The van der Waals surface area contributed by atoms with Gasteiger partial charge in [0.1, 0.15) is 13.1 Å². The molecule has 100 valence electrons. The molecule has 0 saturated carbocycles. The van der Waals surface area contributed by atoms with Gasteiger partial charge in [0.15, 0.2) is 0 Å². The van der Waals surface area contributed by atoms with E-state index in [4.69, 9.17) is 5.11 Å². The number of alkyl halides is 3. The summed E-state index contributed by atoms with van der Waals surface area (Å²) in [7, 11) is 0. The van der Waals surface area contributed by atoms with Gasteiger partial charge in [0, 0.05) is 5.69 Å². The third-order valence-corrected chi connectivity index (χ3v) is 2.04. The molecule has 0 aromatic carbocycles. The number of hydrogen-bond acceptors (Lipinski definition) is 3. The zero-order valence-corrected chi connectivity index (χ0v) is 9.28. The van der Waals surface area contributed by atoms with E-state index in [0.717, 1.165) is 6.20 Å². The van der Waals surface area contributed by atoms with Gasteiger partial charge in [-0.15, -0.1) is 0 Å². The highest BCUT2D eigenvalue weighted by atomic mass is 19.4. The minimum absolute atomic E-state index is 0.0829. The van der Waals surface area contributed by atoms with Crippen LogP contribution in [0.2, 0.25) is 0 Å². The van der Waals surface area contributed by atoms with E-state index in [0.29, 0.717) is 0 Å². The SMILES string of the molecule is Cc1[nH]ncc1C(=O)N(CC(=O)O)CC(F)(F)F. The van der Waals surface area contributed by atoms with E-state index in [2.05, 4.69) is 10.2 Å². The molecule has 1 aromatic rings. The van der Waals surface area contributed by atoms with Crippen molar-refractivity contribution < 1.29 is 27.9 Å². The number of H-pyrrole nitrogens is 1. The molecule has 0 saturated heterocycles. The van der Waals surface area contributed by atoms with Gasteiger partial charge in [-0.05, 0) is 6.92 Å². The first-order valence-corrected chi connectivity index (χ1v) is 4.78. The molecule has 0 bridgehead atoms. The molecule has 0 radical (unpaired) electrons. The van der Waals surface area contributed by atoms with Gasteiger partial charge in [0.05, 0.1) is 11.8 Å². The minimum Gasteiger partial charge on any atom is -0.480 e. The normalized spacial score (nSPS) is 11.3. The molecule has 0 aliphatic rings. The first kappa shape index (κ1) is 14.0. The maximum atomic E-state index is 12.2. The van der Waals surface area contributed by atoms with E-state index in [-0.39, 0.29) is 16.2 Å². The lowest BCUT2D eigenvalue weighted by Gasteiger charge is -2.21. The predicted molar refractivity (Wildman–Crippen MR) is 52.9 cm³/mol. The molecule has 9 heteroatoms. The summed E-state index contributed by atoms with van der Waals surface area (Å²) < 4.78 is 36.7. The van der Waals surface area contributed by atoms with Crippen molar-refractivity contribution in [2.24, 2.45) is 0 Å². The zero-order chi connectivity index (χ0) is 13.9. The van der Waals surface area contributed by atoms with Crippen LogP contribution in [0.4, 0.5) is 13.2 Å². The molecule has 0 aliphatic heterocycles. The van der Waals surface area contributed by atoms with Crippen molar-refractivity contribution in [3.8, 4) is 0 Å². The summed E-state index contributed by atoms with van der Waals surface area (Å²) in [5.41, 5.74) is 0.193. The minimum atomic E-state index is -4.66. The maximum Gasteiger partial charge on any atom is 0.406 e. The molecule has 1 aromatic heterocycles. The lowest BCUT2D eigenvalue weighted by molar-refractivity contribution is -0.149. The van der Waals surface area contributed by atoms with E-state index in [1.807, 2.05) is 0 Å². The Kier molecular flexibility index (Phi) is 3.94. The highest BCUT2D eigenvalue weighted by Gasteiger charge is 2.34. The van der Waals surface area contributed by atoms with Gasteiger partial charge in [-0.25, -0.2) is 0 Å². The van der Waals surface area contributed by atoms with Crippen molar-refractivity contribution in [2.75, 3.05) is 13.1 Å². The Labute approximate surface area is 99.4 Å². The molecule has 1 amide bonds. The Morgan fingerprint density at radius 3 is 2.50 bits per heavy atom. The first-order valence-electron chi connectivity index (χ1n) is 4.78. The van der Waals surface area contributed by atoms with Crippen molar-refractivity contribution in [3.05, 3.63) is 17.5 Å². The molecular weight excluding hydrogens is 255 g/mol. The number of nitrogens with one attached hydrogen (secondary N) is 1. The van der Waals surface area contributed by atoms with Crippen LogP contribution in [0, 0.1) is 6.92 Å². The zero-order valence-electron chi connectivity index (χ0n) is 9.28. The van der Waals surface area contributed by atoms with Gasteiger partial charge in [-0.2, -0.15) is 18.3 Å². The Hall–Kier alpha value is -2.06. The Morgan fingerprint density at radius 2 is 2.11 bits per heavy atom. The number of aromatic amines is 1. The third kappa shape index (κ3) is 3.75. The summed E-state index contributed by atoms with van der Waals surface area (Å²) in [4.78, 5) is 22.4. The van der Waals surface area contributed by atoms with Crippen LogP contribution in [-0.4, -0.2) is 51.3 Å². The van der Waals surface area contributed by atoms with E-state index < -0.39 is 31.1 Å². The maximum absolute atomic E-state index is 12.2. The summed E-state index contributed by atoms with van der Waals surface area (Å²) in [5.74, 6) is -2.55. The van der Waals surface area contributed by atoms with E-state index in [1.165, 1.54) is 6.92 Å². The number of aromatic nitrogens is 2. The van der Waals surface area contributed by atoms with Gasteiger partial charge >= 0.3 is 12.1 Å². The van der Waals surface area contributed by atoms with Crippen LogP contribution in [0.1, 0.15) is 16.1 Å². The van der Waals surface area contributed by atoms with Gasteiger partial charge < -0.3 is 10.0 Å². The van der Waals surface area contributed by atoms with Crippen molar-refractivity contribution in [1.29, 1.82) is 0 Å². The number of rotatable bonds is 4. The number of nitrogens with zero attached hydrogens (tertiary/aromatic N) is 2. The second-order valence-corrected chi connectivity index (χ2v) is 3.58. The van der Waals surface area contributed by atoms with Crippen LogP contribution in [0.5, 0.6) is 0 Å². The van der Waals surface area contributed by atoms with Crippen LogP contribution in [-0.2, 0) is 4.79 Å². The summed E-state index contributed by atoms with van der Waals surface area (Å²) in [5, 5.41) is 14.4. The average Bonchev–Trinajstić information content (AvgIpc) is 2.59. The monoisotopic (exact) mass is 265 g/mol. The average molecular weight is 265 g/mol. The summed E-state index contributed by atoms with van der Waals surface area (Å²) in [6, 6.07) is 0. The molecular formula is C9H10F3N3O3.